The monoisotopic (exact) mass is 422 g/mol. The van der Waals surface area contributed by atoms with Gasteiger partial charge < -0.3 is 15.3 Å². The van der Waals surface area contributed by atoms with Gasteiger partial charge in [0.15, 0.2) is 0 Å². The van der Waals surface area contributed by atoms with Crippen molar-refractivity contribution >= 4 is 28.8 Å². The molecule has 7 nitrogen and oxygen atoms in total. The third-order valence-corrected chi connectivity index (χ3v) is 6.11. The number of likely N-dealkylation sites (tertiary alicyclic amines) is 1. The highest BCUT2D eigenvalue weighted by molar-refractivity contribution is 7.13. The molecule has 0 aliphatic carbocycles. The fourth-order valence-electron chi connectivity index (χ4n) is 3.48. The molecule has 1 aliphatic rings. The van der Waals surface area contributed by atoms with Gasteiger partial charge in [-0.15, -0.1) is 11.3 Å². The van der Waals surface area contributed by atoms with E-state index in [0.29, 0.717) is 31.6 Å². The van der Waals surface area contributed by atoms with E-state index in [0.717, 1.165) is 16.3 Å². The highest BCUT2D eigenvalue weighted by Gasteiger charge is 2.28. The summed E-state index contributed by atoms with van der Waals surface area (Å²) in [5.74, 6) is -0.223. The Bertz CT molecular complexity index is 1030. The van der Waals surface area contributed by atoms with Gasteiger partial charge >= 0.3 is 0 Å². The van der Waals surface area contributed by atoms with E-state index >= 15 is 0 Å². The van der Waals surface area contributed by atoms with E-state index in [1.54, 1.807) is 35.5 Å². The first-order chi connectivity index (χ1) is 14.6. The van der Waals surface area contributed by atoms with Crippen molar-refractivity contribution in [3.05, 3.63) is 59.9 Å². The quantitative estimate of drug-likeness (QED) is 0.615. The molecule has 154 valence electrons. The molecule has 30 heavy (non-hydrogen) atoms. The van der Waals surface area contributed by atoms with Crippen LogP contribution in [0.4, 0.5) is 5.69 Å². The van der Waals surface area contributed by atoms with Crippen LogP contribution in [0.25, 0.3) is 10.6 Å². The number of pyridine rings is 1. The molecule has 2 N–H and O–H groups in total. The summed E-state index contributed by atoms with van der Waals surface area (Å²) in [4.78, 5) is 35.6. The van der Waals surface area contributed by atoms with Crippen LogP contribution in [0, 0.1) is 5.92 Å². The van der Waals surface area contributed by atoms with Crippen LogP contribution in [-0.4, -0.2) is 44.9 Å². The van der Waals surface area contributed by atoms with E-state index in [9.17, 15) is 14.7 Å². The third kappa shape index (κ3) is 4.65. The number of carbonyl (C=O) groups is 2. The second kappa shape index (κ2) is 9.04. The first kappa shape index (κ1) is 20.0. The SMILES string of the molecule is O=C(Nc1ccccc1O)C1CCN(C(=O)Cc2csc(-c3cccnc3)n2)CC1. The Balaban J connectivity index is 1.29. The highest BCUT2D eigenvalue weighted by Crippen LogP contribution is 2.26. The molecule has 3 aromatic rings. The highest BCUT2D eigenvalue weighted by atomic mass is 32.1. The number of phenolic OH excluding ortho intramolecular Hbond substituents is 1. The van der Waals surface area contributed by atoms with Gasteiger partial charge in [0.25, 0.3) is 0 Å². The zero-order valence-electron chi connectivity index (χ0n) is 16.3. The summed E-state index contributed by atoms with van der Waals surface area (Å²) in [6.07, 6.45) is 4.93. The van der Waals surface area contributed by atoms with Crippen LogP contribution in [0.15, 0.2) is 54.2 Å². The number of thiazole rings is 1. The van der Waals surface area contributed by atoms with Gasteiger partial charge in [-0.05, 0) is 37.1 Å². The van der Waals surface area contributed by atoms with E-state index in [2.05, 4.69) is 15.3 Å². The molecule has 0 atom stereocenters. The van der Waals surface area contributed by atoms with Gasteiger partial charge in [0, 0.05) is 42.3 Å². The Morgan fingerprint density at radius 1 is 1.17 bits per heavy atom. The normalized spacial score (nSPS) is 14.5. The Kier molecular flexibility index (Phi) is 6.04. The van der Waals surface area contributed by atoms with Gasteiger partial charge in [0.1, 0.15) is 10.8 Å². The van der Waals surface area contributed by atoms with Crippen LogP contribution in [0.2, 0.25) is 0 Å². The van der Waals surface area contributed by atoms with E-state index in [1.165, 1.54) is 17.4 Å². The molecule has 2 amide bonds. The fraction of sp³-hybridized carbons (Fsp3) is 0.273. The number of anilines is 1. The first-order valence-corrected chi connectivity index (χ1v) is 10.7. The maximum Gasteiger partial charge on any atom is 0.228 e. The minimum Gasteiger partial charge on any atom is -0.506 e. The van der Waals surface area contributed by atoms with E-state index in [4.69, 9.17) is 0 Å². The van der Waals surface area contributed by atoms with Gasteiger partial charge in [0.2, 0.25) is 11.8 Å². The molecule has 1 saturated heterocycles. The topological polar surface area (TPSA) is 95.4 Å². The number of hydrogen-bond donors (Lipinski definition) is 2. The number of rotatable bonds is 5. The molecular formula is C22H22N4O3S. The van der Waals surface area contributed by atoms with E-state index < -0.39 is 0 Å². The summed E-state index contributed by atoms with van der Waals surface area (Å²) in [6.45, 7) is 1.08. The molecule has 4 rings (SSSR count). The van der Waals surface area contributed by atoms with Crippen molar-refractivity contribution in [1.29, 1.82) is 0 Å². The lowest BCUT2D eigenvalue weighted by Gasteiger charge is -2.31. The maximum atomic E-state index is 12.7. The molecule has 8 heteroatoms. The predicted octanol–water partition coefficient (Wildman–Crippen LogP) is 3.33. The number of nitrogens with zero attached hydrogens (tertiary/aromatic N) is 3. The van der Waals surface area contributed by atoms with Crippen molar-refractivity contribution in [3.63, 3.8) is 0 Å². The van der Waals surface area contributed by atoms with E-state index in [1.807, 2.05) is 17.5 Å². The van der Waals surface area contributed by atoms with Crippen LogP contribution >= 0.6 is 11.3 Å². The summed E-state index contributed by atoms with van der Waals surface area (Å²) < 4.78 is 0. The molecule has 0 bridgehead atoms. The van der Waals surface area contributed by atoms with Gasteiger partial charge in [-0.25, -0.2) is 4.98 Å². The Morgan fingerprint density at radius 2 is 1.97 bits per heavy atom. The second-order valence-corrected chi connectivity index (χ2v) is 8.08. The predicted molar refractivity (Wildman–Crippen MR) is 115 cm³/mol. The number of para-hydroxylation sites is 2. The average Bonchev–Trinajstić information content (AvgIpc) is 3.24. The lowest BCUT2D eigenvalue weighted by Crippen LogP contribution is -2.42. The van der Waals surface area contributed by atoms with Crippen LogP contribution < -0.4 is 5.32 Å². The molecule has 3 heterocycles. The number of amides is 2. The smallest absolute Gasteiger partial charge is 0.228 e. The number of nitrogens with one attached hydrogen (secondary N) is 1. The summed E-state index contributed by atoms with van der Waals surface area (Å²) in [6, 6.07) is 10.5. The standard InChI is InChI=1S/C22H22N4O3S/c27-19-6-2-1-5-18(19)25-21(29)15-7-10-26(11-8-15)20(28)12-17-14-30-22(24-17)16-4-3-9-23-13-16/h1-6,9,13-15,27H,7-8,10-12H2,(H,25,29). The summed E-state index contributed by atoms with van der Waals surface area (Å²) in [5.41, 5.74) is 2.11. The summed E-state index contributed by atoms with van der Waals surface area (Å²) in [5, 5.41) is 15.3. The number of aromatic hydroxyl groups is 1. The van der Waals surface area contributed by atoms with Crippen molar-refractivity contribution in [1.82, 2.24) is 14.9 Å². The zero-order valence-corrected chi connectivity index (χ0v) is 17.1. The number of phenols is 1. The second-order valence-electron chi connectivity index (χ2n) is 7.22. The Hall–Kier alpha value is -3.26. The molecule has 0 saturated carbocycles. The fourth-order valence-corrected chi connectivity index (χ4v) is 4.29. The molecule has 2 aromatic heterocycles. The molecular weight excluding hydrogens is 400 g/mol. The van der Waals surface area contributed by atoms with Gasteiger partial charge in [-0.1, -0.05) is 12.1 Å². The van der Waals surface area contributed by atoms with Crippen molar-refractivity contribution in [2.75, 3.05) is 18.4 Å². The number of benzene rings is 1. The summed E-state index contributed by atoms with van der Waals surface area (Å²) >= 11 is 1.50. The zero-order chi connectivity index (χ0) is 20.9. The van der Waals surface area contributed by atoms with Crippen molar-refractivity contribution in [2.45, 2.75) is 19.3 Å². The molecule has 0 spiro atoms. The van der Waals surface area contributed by atoms with Crippen molar-refractivity contribution in [2.24, 2.45) is 5.92 Å². The van der Waals surface area contributed by atoms with Crippen LogP contribution in [0.3, 0.4) is 0 Å². The molecule has 0 unspecified atom stereocenters. The minimum atomic E-state index is -0.176. The van der Waals surface area contributed by atoms with Crippen molar-refractivity contribution < 1.29 is 14.7 Å². The maximum absolute atomic E-state index is 12.7. The van der Waals surface area contributed by atoms with Gasteiger partial charge in [-0.2, -0.15) is 0 Å². The summed E-state index contributed by atoms with van der Waals surface area (Å²) in [7, 11) is 0. The third-order valence-electron chi connectivity index (χ3n) is 5.17. The molecule has 0 radical (unpaired) electrons. The number of hydrogen-bond acceptors (Lipinski definition) is 6. The van der Waals surface area contributed by atoms with Crippen LogP contribution in [-0.2, 0) is 16.0 Å². The number of carbonyl (C=O) groups excluding carboxylic acids is 2. The minimum absolute atomic E-state index is 0.0256. The molecule has 1 fully saturated rings. The Morgan fingerprint density at radius 3 is 2.70 bits per heavy atom. The average molecular weight is 423 g/mol. The van der Waals surface area contributed by atoms with Gasteiger partial charge in [-0.3, -0.25) is 14.6 Å². The Labute approximate surface area is 178 Å². The molecule has 1 aliphatic heterocycles. The van der Waals surface area contributed by atoms with E-state index in [-0.39, 0.29) is 29.9 Å². The van der Waals surface area contributed by atoms with Crippen LogP contribution in [0.5, 0.6) is 5.75 Å². The number of aromatic nitrogens is 2. The molecule has 1 aromatic carbocycles. The van der Waals surface area contributed by atoms with Crippen LogP contribution in [0.1, 0.15) is 18.5 Å². The largest absolute Gasteiger partial charge is 0.506 e. The number of piperidine rings is 1. The van der Waals surface area contributed by atoms with Gasteiger partial charge in [0.05, 0.1) is 17.8 Å². The lowest BCUT2D eigenvalue weighted by molar-refractivity contribution is -0.133. The lowest BCUT2D eigenvalue weighted by atomic mass is 9.95. The van der Waals surface area contributed by atoms with Crippen molar-refractivity contribution in [3.8, 4) is 16.3 Å². The first-order valence-electron chi connectivity index (χ1n) is 9.81.